The zero-order chi connectivity index (χ0) is 13.8. The number of benzene rings is 1. The van der Waals surface area contributed by atoms with Crippen molar-refractivity contribution in [2.24, 2.45) is 0 Å². The normalized spacial score (nSPS) is 10.2. The summed E-state index contributed by atoms with van der Waals surface area (Å²) in [6.45, 7) is 1.80. The van der Waals surface area contributed by atoms with E-state index in [-0.39, 0.29) is 18.1 Å². The van der Waals surface area contributed by atoms with Crippen LogP contribution in [0.2, 0.25) is 0 Å². The monoisotopic (exact) mass is 277 g/mol. The number of ketones is 1. The van der Waals surface area contributed by atoms with Gasteiger partial charge in [0.25, 0.3) is 5.69 Å². The van der Waals surface area contributed by atoms with Crippen LogP contribution in [0.15, 0.2) is 36.4 Å². The molecule has 1 heterocycles. The maximum absolute atomic E-state index is 11.8. The third kappa shape index (κ3) is 3.38. The lowest BCUT2D eigenvalue weighted by Gasteiger charge is -2.04. The van der Waals surface area contributed by atoms with Crippen LogP contribution in [0.3, 0.4) is 0 Å². The van der Waals surface area contributed by atoms with Crippen LogP contribution in [0.1, 0.15) is 14.5 Å². The molecular formula is C13H11NO4S. The number of ether oxygens (including phenoxy) is 1. The second-order valence-electron chi connectivity index (χ2n) is 3.88. The van der Waals surface area contributed by atoms with Gasteiger partial charge in [-0.2, -0.15) is 0 Å². The maximum atomic E-state index is 11.8. The third-order valence-corrected chi connectivity index (χ3v) is 3.46. The highest BCUT2D eigenvalue weighted by molar-refractivity contribution is 7.14. The van der Waals surface area contributed by atoms with Crippen LogP contribution < -0.4 is 4.74 Å². The van der Waals surface area contributed by atoms with E-state index in [1.165, 1.54) is 29.5 Å². The summed E-state index contributed by atoms with van der Waals surface area (Å²) >= 11 is 1.40. The molecular weight excluding hydrogens is 266 g/mol. The van der Waals surface area contributed by atoms with Gasteiger partial charge in [-0.25, -0.2) is 0 Å². The second kappa shape index (κ2) is 5.62. The summed E-state index contributed by atoms with van der Waals surface area (Å²) in [6, 6.07) is 9.39. The van der Waals surface area contributed by atoms with Crippen LogP contribution in [0.25, 0.3) is 0 Å². The highest BCUT2D eigenvalue weighted by Gasteiger charge is 2.11. The molecule has 19 heavy (non-hydrogen) atoms. The molecule has 0 bridgehead atoms. The van der Waals surface area contributed by atoms with E-state index in [1.54, 1.807) is 12.1 Å². The number of aryl methyl sites for hydroxylation is 1. The maximum Gasteiger partial charge on any atom is 0.273 e. The van der Waals surface area contributed by atoms with Crippen molar-refractivity contribution in [2.45, 2.75) is 6.92 Å². The summed E-state index contributed by atoms with van der Waals surface area (Å²) in [5, 5.41) is 10.6. The Morgan fingerprint density at radius 1 is 1.37 bits per heavy atom. The van der Waals surface area contributed by atoms with Gasteiger partial charge in [-0.05, 0) is 25.1 Å². The van der Waals surface area contributed by atoms with E-state index in [1.807, 2.05) is 13.0 Å². The molecule has 1 aromatic carbocycles. The average molecular weight is 277 g/mol. The predicted octanol–water partition coefficient (Wildman–Crippen LogP) is 3.23. The van der Waals surface area contributed by atoms with Crippen LogP contribution in [0.5, 0.6) is 5.75 Å². The second-order valence-corrected chi connectivity index (χ2v) is 5.16. The molecule has 0 atom stereocenters. The van der Waals surface area contributed by atoms with E-state index >= 15 is 0 Å². The molecule has 0 fully saturated rings. The zero-order valence-electron chi connectivity index (χ0n) is 10.2. The summed E-state index contributed by atoms with van der Waals surface area (Å²) in [5.41, 5.74) is -0.0584. The van der Waals surface area contributed by atoms with Gasteiger partial charge in [-0.15, -0.1) is 11.3 Å². The number of nitrogens with zero attached hydrogens (tertiary/aromatic N) is 1. The molecule has 2 rings (SSSR count). The third-order valence-electron chi connectivity index (χ3n) is 2.41. The topological polar surface area (TPSA) is 69.4 Å². The summed E-state index contributed by atoms with van der Waals surface area (Å²) in [5.74, 6) is 0.181. The fourth-order valence-corrected chi connectivity index (χ4v) is 2.28. The van der Waals surface area contributed by atoms with Crippen LogP contribution >= 0.6 is 11.3 Å². The fourth-order valence-electron chi connectivity index (χ4n) is 1.49. The van der Waals surface area contributed by atoms with Crippen molar-refractivity contribution >= 4 is 22.8 Å². The molecule has 0 unspecified atom stereocenters. The quantitative estimate of drug-likeness (QED) is 0.478. The van der Waals surface area contributed by atoms with E-state index in [2.05, 4.69) is 0 Å². The number of non-ortho nitro benzene ring substituents is 1. The van der Waals surface area contributed by atoms with E-state index in [9.17, 15) is 14.9 Å². The molecule has 2 aromatic rings. The number of nitro benzene ring substituents is 1. The summed E-state index contributed by atoms with van der Waals surface area (Å²) in [6.07, 6.45) is 0. The van der Waals surface area contributed by atoms with Crippen LogP contribution in [-0.2, 0) is 0 Å². The number of thiophene rings is 1. The average Bonchev–Trinajstić information content (AvgIpc) is 2.83. The van der Waals surface area contributed by atoms with Crippen molar-refractivity contribution in [3.05, 3.63) is 56.3 Å². The first-order valence-corrected chi connectivity index (χ1v) is 6.35. The molecule has 0 aliphatic rings. The molecule has 6 heteroatoms. The molecule has 0 aliphatic heterocycles. The number of carbonyl (C=O) groups excluding carboxylic acids is 1. The zero-order valence-corrected chi connectivity index (χ0v) is 11.0. The van der Waals surface area contributed by atoms with Crippen molar-refractivity contribution in [1.29, 1.82) is 0 Å². The van der Waals surface area contributed by atoms with Gasteiger partial charge in [0.2, 0.25) is 5.78 Å². The number of nitro groups is 1. The Balaban J connectivity index is 2.01. The predicted molar refractivity (Wildman–Crippen MR) is 72.0 cm³/mol. The Morgan fingerprint density at radius 2 is 2.16 bits per heavy atom. The highest BCUT2D eigenvalue weighted by Crippen LogP contribution is 2.20. The standard InChI is InChI=1S/C13H11NO4S/c1-9-5-6-13(19-9)12(15)8-18-11-4-2-3-10(7-11)14(16)17/h2-7H,8H2,1H3. The molecule has 5 nitrogen and oxygen atoms in total. The van der Waals surface area contributed by atoms with E-state index in [0.29, 0.717) is 10.6 Å². The van der Waals surface area contributed by atoms with Crippen molar-refractivity contribution < 1.29 is 14.5 Å². The van der Waals surface area contributed by atoms with Crippen molar-refractivity contribution in [1.82, 2.24) is 0 Å². The van der Waals surface area contributed by atoms with Crippen LogP contribution in [0, 0.1) is 17.0 Å². The number of hydrogen-bond donors (Lipinski definition) is 0. The van der Waals surface area contributed by atoms with Gasteiger partial charge >= 0.3 is 0 Å². The van der Waals surface area contributed by atoms with Gasteiger partial charge in [0.05, 0.1) is 15.9 Å². The highest BCUT2D eigenvalue weighted by atomic mass is 32.1. The Hall–Kier alpha value is -2.21. The lowest BCUT2D eigenvalue weighted by atomic mass is 10.3. The van der Waals surface area contributed by atoms with E-state index < -0.39 is 4.92 Å². The Morgan fingerprint density at radius 3 is 2.79 bits per heavy atom. The van der Waals surface area contributed by atoms with Gasteiger partial charge in [0, 0.05) is 10.9 Å². The molecule has 98 valence electrons. The number of Topliss-reactive ketones (excluding diaryl/α,β-unsaturated/α-hetero) is 1. The fraction of sp³-hybridized carbons (Fsp3) is 0.154. The van der Waals surface area contributed by atoms with Crippen molar-refractivity contribution in [3.8, 4) is 5.75 Å². The first-order chi connectivity index (χ1) is 9.06. The molecule has 0 radical (unpaired) electrons. The summed E-state index contributed by atoms with van der Waals surface area (Å²) in [7, 11) is 0. The lowest BCUT2D eigenvalue weighted by Crippen LogP contribution is -2.10. The number of rotatable bonds is 5. The van der Waals surface area contributed by atoms with Gasteiger partial charge in [0.15, 0.2) is 6.61 Å². The van der Waals surface area contributed by atoms with E-state index in [0.717, 1.165) is 4.88 Å². The summed E-state index contributed by atoms with van der Waals surface area (Å²) in [4.78, 5) is 23.6. The Bertz CT molecular complexity index is 621. The van der Waals surface area contributed by atoms with Gasteiger partial charge in [0.1, 0.15) is 5.75 Å². The van der Waals surface area contributed by atoms with Gasteiger partial charge in [-0.1, -0.05) is 6.07 Å². The van der Waals surface area contributed by atoms with Crippen molar-refractivity contribution in [2.75, 3.05) is 6.61 Å². The Kier molecular flexibility index (Phi) is 3.91. The first kappa shape index (κ1) is 13.2. The first-order valence-electron chi connectivity index (χ1n) is 5.53. The molecule has 0 saturated heterocycles. The van der Waals surface area contributed by atoms with Gasteiger partial charge in [-0.3, -0.25) is 14.9 Å². The molecule has 1 aromatic heterocycles. The minimum Gasteiger partial charge on any atom is -0.485 e. The molecule has 0 amide bonds. The smallest absolute Gasteiger partial charge is 0.273 e. The molecule has 0 aliphatic carbocycles. The Labute approximate surface area is 113 Å². The lowest BCUT2D eigenvalue weighted by molar-refractivity contribution is -0.384. The molecule has 0 spiro atoms. The minimum absolute atomic E-state index is 0.0584. The van der Waals surface area contributed by atoms with Crippen LogP contribution in [0.4, 0.5) is 5.69 Å². The van der Waals surface area contributed by atoms with E-state index in [4.69, 9.17) is 4.74 Å². The number of carbonyl (C=O) groups is 1. The van der Waals surface area contributed by atoms with Crippen LogP contribution in [-0.4, -0.2) is 17.3 Å². The minimum atomic E-state index is -0.503. The largest absolute Gasteiger partial charge is 0.485 e. The SMILES string of the molecule is Cc1ccc(C(=O)COc2cccc([N+](=O)[O-])c2)s1. The van der Waals surface area contributed by atoms with Crippen molar-refractivity contribution in [3.63, 3.8) is 0 Å². The molecule has 0 N–H and O–H groups in total. The summed E-state index contributed by atoms with van der Waals surface area (Å²) < 4.78 is 5.27. The number of hydrogen-bond acceptors (Lipinski definition) is 5. The van der Waals surface area contributed by atoms with Gasteiger partial charge < -0.3 is 4.74 Å². The molecule has 0 saturated carbocycles.